The maximum Gasteiger partial charge on any atom is 0.324 e. The van der Waals surface area contributed by atoms with E-state index in [-0.39, 0.29) is 6.03 Å². The van der Waals surface area contributed by atoms with E-state index in [1.807, 2.05) is 49.4 Å². The van der Waals surface area contributed by atoms with Gasteiger partial charge < -0.3 is 5.32 Å². The van der Waals surface area contributed by atoms with Gasteiger partial charge in [-0.15, -0.1) is 0 Å². The fourth-order valence-electron chi connectivity index (χ4n) is 2.27. The maximum absolute atomic E-state index is 12.2. The van der Waals surface area contributed by atoms with E-state index < -0.39 is 0 Å². The summed E-state index contributed by atoms with van der Waals surface area (Å²) < 4.78 is 0. The predicted molar refractivity (Wildman–Crippen MR) is 96.3 cm³/mol. The van der Waals surface area contributed by atoms with E-state index in [1.165, 1.54) is 12.4 Å². The Kier molecular flexibility index (Phi) is 4.72. The first kappa shape index (κ1) is 16.0. The number of amides is 2. The number of nitrogens with one attached hydrogen (secondary N) is 2. The fourth-order valence-corrected chi connectivity index (χ4v) is 2.39. The van der Waals surface area contributed by atoms with Crippen molar-refractivity contribution in [2.24, 2.45) is 0 Å². The lowest BCUT2D eigenvalue weighted by Gasteiger charge is -2.13. The number of urea groups is 1. The number of halogens is 1. The van der Waals surface area contributed by atoms with Crippen molar-refractivity contribution in [3.63, 3.8) is 0 Å². The largest absolute Gasteiger partial charge is 0.324 e. The molecule has 0 atom stereocenters. The number of aromatic nitrogens is 2. The van der Waals surface area contributed by atoms with Gasteiger partial charge in [-0.2, -0.15) is 0 Å². The quantitative estimate of drug-likeness (QED) is 0.724. The summed E-state index contributed by atoms with van der Waals surface area (Å²) in [5, 5.41) is 6.16. The lowest BCUT2D eigenvalue weighted by atomic mass is 10.0. The van der Waals surface area contributed by atoms with Crippen molar-refractivity contribution >= 4 is 29.1 Å². The molecule has 2 amide bonds. The standard InChI is InChI=1S/C18H15ClN4O/c1-12-2-7-16(15(10-12)13-3-5-14(19)6-4-13)22-18(24)23-17-11-20-8-9-21-17/h2-11H,1H3,(H2,21,22,23,24). The summed E-state index contributed by atoms with van der Waals surface area (Å²) in [4.78, 5) is 20.1. The summed E-state index contributed by atoms with van der Waals surface area (Å²) in [7, 11) is 0. The molecule has 2 N–H and O–H groups in total. The molecule has 5 nitrogen and oxygen atoms in total. The van der Waals surface area contributed by atoms with Crippen LogP contribution in [-0.4, -0.2) is 16.0 Å². The minimum absolute atomic E-state index is 0.380. The molecule has 120 valence electrons. The van der Waals surface area contributed by atoms with Crippen molar-refractivity contribution in [1.82, 2.24) is 9.97 Å². The van der Waals surface area contributed by atoms with Gasteiger partial charge in [0.1, 0.15) is 0 Å². The van der Waals surface area contributed by atoms with Crippen LogP contribution in [0.2, 0.25) is 5.02 Å². The second kappa shape index (κ2) is 7.10. The zero-order chi connectivity index (χ0) is 16.9. The van der Waals surface area contributed by atoms with Gasteiger partial charge in [0, 0.05) is 23.0 Å². The van der Waals surface area contributed by atoms with Crippen LogP contribution in [0.25, 0.3) is 11.1 Å². The van der Waals surface area contributed by atoms with E-state index in [1.54, 1.807) is 6.20 Å². The van der Waals surface area contributed by atoms with Crippen molar-refractivity contribution in [2.75, 3.05) is 10.6 Å². The zero-order valence-electron chi connectivity index (χ0n) is 13.0. The summed E-state index contributed by atoms with van der Waals surface area (Å²) >= 11 is 5.95. The Labute approximate surface area is 144 Å². The monoisotopic (exact) mass is 338 g/mol. The number of carbonyl (C=O) groups is 1. The molecule has 0 radical (unpaired) electrons. The molecule has 0 aliphatic heterocycles. The van der Waals surface area contributed by atoms with Crippen molar-refractivity contribution in [2.45, 2.75) is 6.92 Å². The Balaban J connectivity index is 1.85. The molecule has 0 fully saturated rings. The third kappa shape index (κ3) is 3.88. The second-order valence-corrected chi connectivity index (χ2v) is 5.66. The van der Waals surface area contributed by atoms with E-state index in [9.17, 15) is 4.79 Å². The number of carbonyl (C=O) groups excluding carboxylic acids is 1. The van der Waals surface area contributed by atoms with Crippen LogP contribution in [0.1, 0.15) is 5.56 Å². The number of benzene rings is 2. The number of aryl methyl sites for hydroxylation is 1. The molecule has 0 saturated heterocycles. The number of hydrogen-bond donors (Lipinski definition) is 2. The Morgan fingerprint density at radius 1 is 1.04 bits per heavy atom. The molecule has 0 unspecified atom stereocenters. The fraction of sp³-hybridized carbons (Fsp3) is 0.0556. The van der Waals surface area contributed by atoms with E-state index in [0.717, 1.165) is 16.7 Å². The van der Waals surface area contributed by atoms with Gasteiger partial charge in [0.2, 0.25) is 0 Å². The van der Waals surface area contributed by atoms with Gasteiger partial charge in [-0.1, -0.05) is 35.4 Å². The van der Waals surface area contributed by atoms with E-state index in [2.05, 4.69) is 20.6 Å². The lowest BCUT2D eigenvalue weighted by Crippen LogP contribution is -2.20. The molecule has 2 aromatic carbocycles. The highest BCUT2D eigenvalue weighted by molar-refractivity contribution is 6.30. The van der Waals surface area contributed by atoms with Gasteiger partial charge in [0.05, 0.1) is 11.9 Å². The third-order valence-corrected chi connectivity index (χ3v) is 3.64. The van der Waals surface area contributed by atoms with Crippen molar-refractivity contribution < 1.29 is 4.79 Å². The van der Waals surface area contributed by atoms with Crippen LogP contribution < -0.4 is 10.6 Å². The molecular formula is C18H15ClN4O. The second-order valence-electron chi connectivity index (χ2n) is 5.23. The highest BCUT2D eigenvalue weighted by Crippen LogP contribution is 2.30. The topological polar surface area (TPSA) is 66.9 Å². The lowest BCUT2D eigenvalue weighted by molar-refractivity contribution is 0.262. The highest BCUT2D eigenvalue weighted by atomic mass is 35.5. The molecule has 24 heavy (non-hydrogen) atoms. The number of hydrogen-bond acceptors (Lipinski definition) is 3. The predicted octanol–water partition coefficient (Wildman–Crippen LogP) is 4.75. The normalized spacial score (nSPS) is 10.2. The number of rotatable bonds is 3. The summed E-state index contributed by atoms with van der Waals surface area (Å²) in [5.41, 5.74) is 3.68. The minimum Gasteiger partial charge on any atom is -0.307 e. The van der Waals surface area contributed by atoms with Crippen LogP contribution >= 0.6 is 11.6 Å². The summed E-state index contributed by atoms with van der Waals surface area (Å²) in [6, 6.07) is 12.9. The molecule has 1 heterocycles. The Bertz CT molecular complexity index is 851. The van der Waals surface area contributed by atoms with Crippen LogP contribution in [0.3, 0.4) is 0 Å². The van der Waals surface area contributed by atoms with Gasteiger partial charge >= 0.3 is 6.03 Å². The molecule has 0 bridgehead atoms. The molecule has 0 aliphatic carbocycles. The molecule has 6 heteroatoms. The smallest absolute Gasteiger partial charge is 0.307 e. The van der Waals surface area contributed by atoms with Crippen molar-refractivity contribution in [3.8, 4) is 11.1 Å². The van der Waals surface area contributed by atoms with Crippen LogP contribution in [0.5, 0.6) is 0 Å². The van der Waals surface area contributed by atoms with Crippen LogP contribution in [0.4, 0.5) is 16.3 Å². The van der Waals surface area contributed by atoms with Gasteiger partial charge in [0.15, 0.2) is 5.82 Å². The SMILES string of the molecule is Cc1ccc(NC(=O)Nc2cnccn2)c(-c2ccc(Cl)cc2)c1. The average molecular weight is 339 g/mol. The Morgan fingerprint density at radius 2 is 1.83 bits per heavy atom. The summed E-state index contributed by atoms with van der Waals surface area (Å²) in [6.07, 6.45) is 4.54. The molecule has 0 spiro atoms. The van der Waals surface area contributed by atoms with Crippen molar-refractivity contribution in [1.29, 1.82) is 0 Å². The van der Waals surface area contributed by atoms with Gasteiger partial charge in [-0.05, 0) is 36.8 Å². The third-order valence-electron chi connectivity index (χ3n) is 3.38. The first-order valence-corrected chi connectivity index (χ1v) is 7.70. The molecular weight excluding hydrogens is 324 g/mol. The van der Waals surface area contributed by atoms with Crippen LogP contribution in [-0.2, 0) is 0 Å². The van der Waals surface area contributed by atoms with E-state index in [0.29, 0.717) is 16.5 Å². The zero-order valence-corrected chi connectivity index (χ0v) is 13.7. The first-order valence-electron chi connectivity index (χ1n) is 7.32. The van der Waals surface area contributed by atoms with E-state index in [4.69, 9.17) is 11.6 Å². The van der Waals surface area contributed by atoms with E-state index >= 15 is 0 Å². The van der Waals surface area contributed by atoms with Gasteiger partial charge in [-0.3, -0.25) is 10.3 Å². The molecule has 1 aromatic heterocycles. The molecule has 3 rings (SSSR count). The van der Waals surface area contributed by atoms with Crippen LogP contribution in [0.15, 0.2) is 61.1 Å². The van der Waals surface area contributed by atoms with Gasteiger partial charge in [0.25, 0.3) is 0 Å². The van der Waals surface area contributed by atoms with Crippen molar-refractivity contribution in [3.05, 3.63) is 71.6 Å². The highest BCUT2D eigenvalue weighted by Gasteiger charge is 2.10. The molecule has 0 aliphatic rings. The number of nitrogens with zero attached hydrogens (tertiary/aromatic N) is 2. The number of anilines is 2. The van der Waals surface area contributed by atoms with Crippen LogP contribution in [0, 0.1) is 6.92 Å². The first-order chi connectivity index (χ1) is 11.6. The summed E-state index contributed by atoms with van der Waals surface area (Å²) in [6.45, 7) is 2.00. The molecule has 0 saturated carbocycles. The maximum atomic E-state index is 12.2. The average Bonchev–Trinajstić information content (AvgIpc) is 2.58. The Morgan fingerprint density at radius 3 is 2.54 bits per heavy atom. The molecule has 3 aromatic rings. The minimum atomic E-state index is -0.380. The Hall–Kier alpha value is -2.92. The van der Waals surface area contributed by atoms with Gasteiger partial charge in [-0.25, -0.2) is 9.78 Å². The summed E-state index contributed by atoms with van der Waals surface area (Å²) in [5.74, 6) is 0.384.